The van der Waals surface area contributed by atoms with Crippen LogP contribution in [0.1, 0.15) is 45.4 Å². The molecule has 8 atom stereocenters. The van der Waals surface area contributed by atoms with Crippen LogP contribution in [0.2, 0.25) is 0 Å². The number of hydrogen-bond acceptors (Lipinski definition) is 4. The van der Waals surface area contributed by atoms with Gasteiger partial charge < -0.3 is 14.9 Å². The Morgan fingerprint density at radius 1 is 1.38 bits per heavy atom. The third-order valence-electron chi connectivity index (χ3n) is 8.35. The molecule has 1 aliphatic heterocycles. The first kappa shape index (κ1) is 14.9. The Balaban J connectivity index is 1.75. The summed E-state index contributed by atoms with van der Waals surface area (Å²) in [5.41, 5.74) is -0.802. The van der Waals surface area contributed by atoms with Crippen LogP contribution in [-0.4, -0.2) is 33.9 Å². The highest BCUT2D eigenvalue weighted by Crippen LogP contribution is 2.77. The van der Waals surface area contributed by atoms with Gasteiger partial charge in [0, 0.05) is 17.8 Å². The number of hydrogen-bond donors (Lipinski definition) is 2. The lowest BCUT2D eigenvalue weighted by molar-refractivity contribution is -0.163. The molecule has 0 radical (unpaired) electrons. The molecule has 5 rings (SSSR count). The van der Waals surface area contributed by atoms with E-state index in [4.69, 9.17) is 4.74 Å². The van der Waals surface area contributed by atoms with Crippen LogP contribution >= 0.6 is 0 Å². The first-order valence-electron chi connectivity index (χ1n) is 9.08. The minimum atomic E-state index is -0.803. The van der Waals surface area contributed by atoms with Crippen molar-refractivity contribution in [1.29, 1.82) is 0 Å². The quantitative estimate of drug-likeness (QED) is 0.568. The largest absolute Gasteiger partial charge is 0.481 e. The highest BCUT2D eigenvalue weighted by Gasteiger charge is 2.82. The number of aliphatic carboxylic acids is 1. The molecular formula is C19H24O5. The molecule has 0 aromatic heterocycles. The van der Waals surface area contributed by atoms with Crippen LogP contribution in [-0.2, 0) is 14.3 Å². The summed E-state index contributed by atoms with van der Waals surface area (Å²) in [5, 5.41) is 20.8. The van der Waals surface area contributed by atoms with E-state index < -0.39 is 34.4 Å². The Labute approximate surface area is 141 Å². The summed E-state index contributed by atoms with van der Waals surface area (Å²) >= 11 is 0. The van der Waals surface area contributed by atoms with Gasteiger partial charge in [0.05, 0.1) is 17.4 Å². The maximum Gasteiger partial charge on any atom is 0.312 e. The van der Waals surface area contributed by atoms with Crippen molar-refractivity contribution in [2.24, 2.45) is 34.5 Å². The van der Waals surface area contributed by atoms with E-state index in [2.05, 4.69) is 6.58 Å². The number of aliphatic hydroxyl groups excluding tert-OH is 1. The molecule has 5 fully saturated rings. The second kappa shape index (κ2) is 4.06. The van der Waals surface area contributed by atoms with Gasteiger partial charge in [-0.25, -0.2) is 0 Å². The summed E-state index contributed by atoms with van der Waals surface area (Å²) in [7, 11) is 0. The average molecular weight is 332 g/mol. The molecule has 2 N–H and O–H groups in total. The first-order chi connectivity index (χ1) is 11.3. The normalized spacial score (nSPS) is 57.5. The average Bonchev–Trinajstić information content (AvgIpc) is 2.96. The molecule has 4 aliphatic carbocycles. The zero-order chi connectivity index (χ0) is 17.1. The zero-order valence-electron chi connectivity index (χ0n) is 14.0. The minimum Gasteiger partial charge on any atom is -0.481 e. The van der Waals surface area contributed by atoms with Gasteiger partial charge >= 0.3 is 11.9 Å². The lowest BCUT2D eigenvalue weighted by atomic mass is 9.60. The van der Waals surface area contributed by atoms with E-state index in [9.17, 15) is 19.8 Å². The molecule has 0 amide bonds. The Kier molecular flexibility index (Phi) is 2.53. The molecule has 0 unspecified atom stereocenters. The molecule has 5 aliphatic rings. The van der Waals surface area contributed by atoms with E-state index in [1.807, 2.05) is 6.92 Å². The van der Waals surface area contributed by atoms with Crippen LogP contribution in [0.15, 0.2) is 12.2 Å². The van der Waals surface area contributed by atoms with E-state index >= 15 is 0 Å². The van der Waals surface area contributed by atoms with E-state index in [1.165, 1.54) is 0 Å². The number of fused-ring (bicyclic) bond motifs is 1. The van der Waals surface area contributed by atoms with Crippen LogP contribution in [0.25, 0.3) is 0 Å². The highest BCUT2D eigenvalue weighted by molar-refractivity contribution is 5.84. The van der Waals surface area contributed by atoms with Crippen molar-refractivity contribution < 1.29 is 24.5 Å². The molecular weight excluding hydrogens is 308 g/mol. The number of carbonyl (C=O) groups excluding carboxylic acids is 1. The maximum absolute atomic E-state index is 12.7. The van der Waals surface area contributed by atoms with Crippen LogP contribution < -0.4 is 0 Å². The molecule has 130 valence electrons. The standard InChI is InChI=1S/C19H24O5/c1-9-7-18-8-10(9)11(20)6-12(18)19-5-3-4-17(2,16(23)24-19)14(19)13(18)15(21)22/h10-14,20H,1,3-8H2,2H3,(H,21,22)/t10-,11+,12-,13-,14-,17-,18+,19-/m1/s1. The van der Waals surface area contributed by atoms with Crippen molar-refractivity contribution in [3.8, 4) is 0 Å². The van der Waals surface area contributed by atoms with Gasteiger partial charge in [-0.15, -0.1) is 0 Å². The Bertz CT molecular complexity index is 685. The molecule has 0 aromatic carbocycles. The summed E-state index contributed by atoms with van der Waals surface area (Å²) in [6, 6.07) is 0. The first-order valence-corrected chi connectivity index (χ1v) is 9.08. The highest BCUT2D eigenvalue weighted by atomic mass is 16.6. The van der Waals surface area contributed by atoms with E-state index in [0.29, 0.717) is 25.7 Å². The molecule has 5 heteroatoms. The van der Waals surface area contributed by atoms with Gasteiger partial charge in [0.1, 0.15) is 5.60 Å². The third kappa shape index (κ3) is 1.32. The smallest absolute Gasteiger partial charge is 0.312 e. The lowest BCUT2D eigenvalue weighted by Gasteiger charge is -2.45. The van der Waals surface area contributed by atoms with Gasteiger partial charge in [0.2, 0.25) is 0 Å². The SMILES string of the molecule is C=C1C[C@]23C[C@H]1[C@@H](O)C[C@H]2[C@@]12CCC[C@@](C)(C(=O)O1)[C@H]2[C@@H]3C(=O)O. The molecule has 1 saturated heterocycles. The van der Waals surface area contributed by atoms with Crippen LogP contribution in [0, 0.1) is 34.5 Å². The number of carboxylic acid groups (broad SMARTS) is 1. The van der Waals surface area contributed by atoms with Gasteiger partial charge in [-0.2, -0.15) is 0 Å². The zero-order valence-corrected chi connectivity index (χ0v) is 14.0. The number of aliphatic hydroxyl groups is 1. The molecule has 1 heterocycles. The Hall–Kier alpha value is -1.36. The fourth-order valence-electron chi connectivity index (χ4n) is 7.68. The summed E-state index contributed by atoms with van der Waals surface area (Å²) in [5.74, 6) is -1.93. The second-order valence-corrected chi connectivity index (χ2v) is 9.14. The van der Waals surface area contributed by atoms with Gasteiger partial charge in [-0.3, -0.25) is 9.59 Å². The van der Waals surface area contributed by atoms with Gasteiger partial charge in [0.25, 0.3) is 0 Å². The van der Waals surface area contributed by atoms with Crippen molar-refractivity contribution in [2.45, 2.75) is 57.2 Å². The van der Waals surface area contributed by atoms with Gasteiger partial charge in [-0.05, 0) is 50.9 Å². The van der Waals surface area contributed by atoms with Crippen LogP contribution in [0.4, 0.5) is 0 Å². The van der Waals surface area contributed by atoms with Crippen LogP contribution in [0.5, 0.6) is 0 Å². The molecule has 5 nitrogen and oxygen atoms in total. The predicted octanol–water partition coefficient (Wildman–Crippen LogP) is 2.14. The fourth-order valence-corrected chi connectivity index (χ4v) is 7.68. The summed E-state index contributed by atoms with van der Waals surface area (Å²) in [4.78, 5) is 25.1. The molecule has 4 bridgehead atoms. The number of carbonyl (C=O) groups is 2. The van der Waals surface area contributed by atoms with E-state index in [1.54, 1.807) is 0 Å². The molecule has 0 aromatic rings. The van der Waals surface area contributed by atoms with Crippen molar-refractivity contribution in [1.82, 2.24) is 0 Å². The number of rotatable bonds is 1. The number of carboxylic acids is 1. The Morgan fingerprint density at radius 2 is 2.12 bits per heavy atom. The summed E-state index contributed by atoms with van der Waals surface area (Å²) < 4.78 is 6.04. The summed E-state index contributed by atoms with van der Waals surface area (Å²) in [6.45, 7) is 6.05. The van der Waals surface area contributed by atoms with Gasteiger partial charge in [-0.1, -0.05) is 12.2 Å². The Morgan fingerprint density at radius 3 is 2.83 bits per heavy atom. The van der Waals surface area contributed by atoms with Crippen molar-refractivity contribution >= 4 is 11.9 Å². The van der Waals surface area contributed by atoms with Crippen molar-refractivity contribution in [3.05, 3.63) is 12.2 Å². The third-order valence-corrected chi connectivity index (χ3v) is 8.35. The van der Waals surface area contributed by atoms with Crippen LogP contribution in [0.3, 0.4) is 0 Å². The second-order valence-electron chi connectivity index (χ2n) is 9.14. The monoisotopic (exact) mass is 332 g/mol. The molecule has 4 saturated carbocycles. The molecule has 24 heavy (non-hydrogen) atoms. The number of esters is 1. The fraction of sp³-hybridized carbons (Fsp3) is 0.789. The van der Waals surface area contributed by atoms with E-state index in [-0.39, 0.29) is 23.7 Å². The number of ether oxygens (including phenoxy) is 1. The molecule has 1 spiro atoms. The summed E-state index contributed by atoms with van der Waals surface area (Å²) in [6.07, 6.45) is 3.71. The van der Waals surface area contributed by atoms with E-state index in [0.717, 1.165) is 18.4 Å². The van der Waals surface area contributed by atoms with Crippen molar-refractivity contribution in [2.75, 3.05) is 0 Å². The van der Waals surface area contributed by atoms with Gasteiger partial charge in [0.15, 0.2) is 0 Å². The lowest BCUT2D eigenvalue weighted by Crippen LogP contribution is -2.48. The predicted molar refractivity (Wildman–Crippen MR) is 83.8 cm³/mol. The topological polar surface area (TPSA) is 83.8 Å². The maximum atomic E-state index is 12.7. The van der Waals surface area contributed by atoms with Crippen molar-refractivity contribution in [3.63, 3.8) is 0 Å². The minimum absolute atomic E-state index is 0.00156.